The highest BCUT2D eigenvalue weighted by molar-refractivity contribution is 5.28. The fourth-order valence-electron chi connectivity index (χ4n) is 2.00. The molecule has 0 aromatic carbocycles. The number of pyridine rings is 1. The fraction of sp³-hybridized carbons (Fsp3) is 0.357. The van der Waals surface area contributed by atoms with Crippen LogP contribution < -0.4 is 5.32 Å². The molecule has 0 saturated carbocycles. The van der Waals surface area contributed by atoms with Gasteiger partial charge in [0.1, 0.15) is 11.8 Å². The van der Waals surface area contributed by atoms with Gasteiger partial charge in [0.25, 0.3) is 0 Å². The number of nitrogens with one attached hydrogen (secondary N) is 1. The Hall–Kier alpha value is -1.61. The van der Waals surface area contributed by atoms with E-state index >= 15 is 0 Å². The molecule has 1 N–H and O–H groups in total. The summed E-state index contributed by atoms with van der Waals surface area (Å²) in [4.78, 5) is 4.50. The summed E-state index contributed by atoms with van der Waals surface area (Å²) >= 11 is 0. The molecule has 0 saturated heterocycles. The first kappa shape index (κ1) is 11.9. The third kappa shape index (κ3) is 2.56. The molecule has 0 aliphatic heterocycles. The minimum Gasteiger partial charge on any atom is -0.467 e. The maximum Gasteiger partial charge on any atom is 0.126 e. The van der Waals surface area contributed by atoms with E-state index in [2.05, 4.69) is 30.2 Å². The molecular weight excluding hydrogens is 212 g/mol. The molecular formula is C14H18N2O. The summed E-state index contributed by atoms with van der Waals surface area (Å²) in [6, 6.07) is 8.05. The van der Waals surface area contributed by atoms with Crippen LogP contribution in [0.15, 0.2) is 41.1 Å². The SMILES string of the molecule is CCNC(c1ccco1)c1ncccc1CC. The number of aryl methyl sites for hydroxylation is 1. The Labute approximate surface area is 102 Å². The van der Waals surface area contributed by atoms with E-state index in [0.717, 1.165) is 24.4 Å². The van der Waals surface area contributed by atoms with E-state index < -0.39 is 0 Å². The van der Waals surface area contributed by atoms with E-state index in [1.54, 1.807) is 6.26 Å². The molecule has 1 unspecified atom stereocenters. The van der Waals surface area contributed by atoms with Crippen LogP contribution in [0.3, 0.4) is 0 Å². The third-order valence-electron chi connectivity index (χ3n) is 2.82. The molecule has 1 atom stereocenters. The summed E-state index contributed by atoms with van der Waals surface area (Å²) in [5.41, 5.74) is 2.32. The van der Waals surface area contributed by atoms with Crippen molar-refractivity contribution in [3.05, 3.63) is 53.7 Å². The van der Waals surface area contributed by atoms with Gasteiger partial charge in [-0.25, -0.2) is 0 Å². The van der Waals surface area contributed by atoms with Crippen molar-refractivity contribution < 1.29 is 4.42 Å². The van der Waals surface area contributed by atoms with Crippen LogP contribution in [0.5, 0.6) is 0 Å². The van der Waals surface area contributed by atoms with Crippen molar-refractivity contribution in [1.29, 1.82) is 0 Å². The van der Waals surface area contributed by atoms with Crippen LogP contribution in [-0.4, -0.2) is 11.5 Å². The van der Waals surface area contributed by atoms with Gasteiger partial charge in [0, 0.05) is 6.20 Å². The van der Waals surface area contributed by atoms with E-state index in [1.807, 2.05) is 24.4 Å². The second-order valence-corrected chi connectivity index (χ2v) is 3.91. The summed E-state index contributed by atoms with van der Waals surface area (Å²) in [6.07, 6.45) is 4.52. The van der Waals surface area contributed by atoms with E-state index in [0.29, 0.717) is 0 Å². The second kappa shape index (κ2) is 5.64. The molecule has 0 radical (unpaired) electrons. The Morgan fingerprint density at radius 3 is 2.82 bits per heavy atom. The first-order valence-electron chi connectivity index (χ1n) is 6.07. The smallest absolute Gasteiger partial charge is 0.126 e. The van der Waals surface area contributed by atoms with Crippen molar-refractivity contribution in [2.45, 2.75) is 26.3 Å². The third-order valence-corrected chi connectivity index (χ3v) is 2.82. The van der Waals surface area contributed by atoms with Gasteiger partial charge in [0.05, 0.1) is 12.0 Å². The monoisotopic (exact) mass is 230 g/mol. The van der Waals surface area contributed by atoms with E-state index in [-0.39, 0.29) is 6.04 Å². The first-order valence-corrected chi connectivity index (χ1v) is 6.07. The number of rotatable bonds is 5. The molecule has 3 nitrogen and oxygen atoms in total. The highest BCUT2D eigenvalue weighted by Crippen LogP contribution is 2.23. The highest BCUT2D eigenvalue weighted by Gasteiger charge is 2.19. The van der Waals surface area contributed by atoms with Gasteiger partial charge < -0.3 is 9.73 Å². The number of hydrogen-bond donors (Lipinski definition) is 1. The number of nitrogens with zero attached hydrogens (tertiary/aromatic N) is 1. The van der Waals surface area contributed by atoms with Gasteiger partial charge in [-0.3, -0.25) is 4.98 Å². The Morgan fingerprint density at radius 1 is 1.29 bits per heavy atom. The van der Waals surface area contributed by atoms with Crippen LogP contribution in [0.4, 0.5) is 0 Å². The van der Waals surface area contributed by atoms with E-state index in [9.17, 15) is 0 Å². The molecule has 0 amide bonds. The summed E-state index contributed by atoms with van der Waals surface area (Å²) in [7, 11) is 0. The number of aromatic nitrogens is 1. The van der Waals surface area contributed by atoms with Gasteiger partial charge >= 0.3 is 0 Å². The lowest BCUT2D eigenvalue weighted by atomic mass is 10.0. The molecule has 0 aliphatic carbocycles. The second-order valence-electron chi connectivity index (χ2n) is 3.91. The predicted molar refractivity (Wildman–Crippen MR) is 67.8 cm³/mol. The summed E-state index contributed by atoms with van der Waals surface area (Å²) in [5.74, 6) is 0.917. The standard InChI is InChI=1S/C14H18N2O/c1-3-11-7-5-9-16-13(11)14(15-4-2)12-8-6-10-17-12/h5-10,14-15H,3-4H2,1-2H3. The van der Waals surface area contributed by atoms with Gasteiger partial charge in [0.15, 0.2) is 0 Å². The zero-order chi connectivity index (χ0) is 12.1. The molecule has 2 heterocycles. The van der Waals surface area contributed by atoms with Crippen molar-refractivity contribution in [1.82, 2.24) is 10.3 Å². The zero-order valence-electron chi connectivity index (χ0n) is 10.3. The largest absolute Gasteiger partial charge is 0.467 e. The zero-order valence-corrected chi connectivity index (χ0v) is 10.3. The molecule has 2 aromatic rings. The maximum absolute atomic E-state index is 5.50. The van der Waals surface area contributed by atoms with Gasteiger partial charge in [-0.2, -0.15) is 0 Å². The molecule has 0 bridgehead atoms. The predicted octanol–water partition coefficient (Wildman–Crippen LogP) is 2.94. The Kier molecular flexibility index (Phi) is 3.94. The van der Waals surface area contributed by atoms with Crippen molar-refractivity contribution in [3.8, 4) is 0 Å². The van der Waals surface area contributed by atoms with Crippen molar-refractivity contribution in [2.75, 3.05) is 6.54 Å². The Balaban J connectivity index is 2.39. The highest BCUT2D eigenvalue weighted by atomic mass is 16.3. The van der Waals surface area contributed by atoms with Crippen LogP contribution in [0.1, 0.15) is 36.9 Å². The van der Waals surface area contributed by atoms with E-state index in [1.165, 1.54) is 5.56 Å². The molecule has 0 spiro atoms. The van der Waals surface area contributed by atoms with Crippen LogP contribution in [0, 0.1) is 0 Å². The molecule has 3 heteroatoms. The van der Waals surface area contributed by atoms with Crippen molar-refractivity contribution in [2.24, 2.45) is 0 Å². The molecule has 0 fully saturated rings. The normalized spacial score (nSPS) is 12.6. The van der Waals surface area contributed by atoms with Crippen LogP contribution in [0.2, 0.25) is 0 Å². The average Bonchev–Trinajstić information content (AvgIpc) is 2.89. The van der Waals surface area contributed by atoms with Crippen LogP contribution >= 0.6 is 0 Å². The number of hydrogen-bond acceptors (Lipinski definition) is 3. The van der Waals surface area contributed by atoms with Gasteiger partial charge in [-0.15, -0.1) is 0 Å². The van der Waals surface area contributed by atoms with Gasteiger partial charge in [0.2, 0.25) is 0 Å². The minimum atomic E-state index is 0.0474. The van der Waals surface area contributed by atoms with Crippen molar-refractivity contribution >= 4 is 0 Å². The summed E-state index contributed by atoms with van der Waals surface area (Å²) in [6.45, 7) is 5.11. The van der Waals surface area contributed by atoms with Crippen molar-refractivity contribution in [3.63, 3.8) is 0 Å². The lowest BCUT2D eigenvalue weighted by Gasteiger charge is -2.17. The van der Waals surface area contributed by atoms with Gasteiger partial charge in [-0.05, 0) is 36.7 Å². The van der Waals surface area contributed by atoms with E-state index in [4.69, 9.17) is 4.42 Å². The molecule has 90 valence electrons. The van der Waals surface area contributed by atoms with Gasteiger partial charge in [-0.1, -0.05) is 19.9 Å². The Bertz CT molecular complexity index is 451. The molecule has 17 heavy (non-hydrogen) atoms. The topological polar surface area (TPSA) is 38.1 Å². The molecule has 0 aliphatic rings. The molecule has 2 rings (SSSR count). The lowest BCUT2D eigenvalue weighted by Crippen LogP contribution is -2.23. The summed E-state index contributed by atoms with van der Waals surface area (Å²) in [5, 5.41) is 3.42. The average molecular weight is 230 g/mol. The van der Waals surface area contributed by atoms with Crippen LogP contribution in [0.25, 0.3) is 0 Å². The lowest BCUT2D eigenvalue weighted by molar-refractivity contribution is 0.446. The first-order chi connectivity index (χ1) is 8.36. The van der Waals surface area contributed by atoms with Crippen LogP contribution in [-0.2, 0) is 6.42 Å². The Morgan fingerprint density at radius 2 is 2.18 bits per heavy atom. The minimum absolute atomic E-state index is 0.0474. The summed E-state index contributed by atoms with van der Waals surface area (Å²) < 4.78 is 5.50. The fourth-order valence-corrected chi connectivity index (χ4v) is 2.00. The molecule has 2 aromatic heterocycles. The number of furan rings is 1. The maximum atomic E-state index is 5.50. The quantitative estimate of drug-likeness (QED) is 0.858.